The molecule has 3 rings (SSSR count). The number of ether oxygens (including phenoxy) is 1. The number of likely N-dealkylation sites (tertiary alicyclic amines) is 1. The van der Waals surface area contributed by atoms with Gasteiger partial charge in [-0.2, -0.15) is 0 Å². The van der Waals surface area contributed by atoms with Gasteiger partial charge in [0.1, 0.15) is 29.3 Å². The fraction of sp³-hybridized carbons (Fsp3) is 0.548. The summed E-state index contributed by atoms with van der Waals surface area (Å²) in [6.45, 7) is 11.2. The topological polar surface area (TPSA) is 209 Å². The van der Waals surface area contributed by atoms with Gasteiger partial charge in [0.15, 0.2) is 5.96 Å². The van der Waals surface area contributed by atoms with Crippen LogP contribution in [0.4, 0.5) is 10.5 Å². The summed E-state index contributed by atoms with van der Waals surface area (Å²) in [7, 11) is 0. The van der Waals surface area contributed by atoms with Crippen molar-refractivity contribution in [3.05, 3.63) is 40.2 Å². The van der Waals surface area contributed by atoms with E-state index in [1.807, 2.05) is 0 Å². The van der Waals surface area contributed by atoms with Crippen LogP contribution in [-0.4, -0.2) is 71.5 Å². The Kier molecular flexibility index (Phi) is 13.4. The minimum Gasteiger partial charge on any atom is -0.444 e. The predicted octanol–water partition coefficient (Wildman–Crippen LogP) is 2.75. The van der Waals surface area contributed by atoms with Crippen molar-refractivity contribution < 1.29 is 28.3 Å². The fourth-order valence-corrected chi connectivity index (χ4v) is 5.13. The van der Waals surface area contributed by atoms with Crippen molar-refractivity contribution in [3.8, 4) is 0 Å². The maximum Gasteiger partial charge on any atom is 0.408 e. The van der Waals surface area contributed by atoms with E-state index >= 15 is 0 Å². The lowest BCUT2D eigenvalue weighted by molar-refractivity contribution is -0.141. The molecule has 4 amide bonds. The van der Waals surface area contributed by atoms with Crippen LogP contribution in [0.25, 0.3) is 11.0 Å². The first-order chi connectivity index (χ1) is 21.1. The molecule has 0 radical (unpaired) electrons. The van der Waals surface area contributed by atoms with Gasteiger partial charge in [0.2, 0.25) is 17.7 Å². The molecular weight excluding hydrogens is 618 g/mol. The Morgan fingerprint density at radius 1 is 1.15 bits per heavy atom. The van der Waals surface area contributed by atoms with E-state index in [9.17, 15) is 24.0 Å². The molecule has 1 aromatic heterocycles. The molecule has 0 spiro atoms. The second-order valence-corrected chi connectivity index (χ2v) is 12.6. The quantitative estimate of drug-likeness (QED) is 0.0902. The van der Waals surface area contributed by atoms with E-state index in [0.29, 0.717) is 43.6 Å². The van der Waals surface area contributed by atoms with Crippen LogP contribution >= 0.6 is 12.4 Å². The predicted molar refractivity (Wildman–Crippen MR) is 177 cm³/mol. The zero-order chi connectivity index (χ0) is 33.5. The summed E-state index contributed by atoms with van der Waals surface area (Å²) in [6, 6.07) is 3.57. The van der Waals surface area contributed by atoms with Gasteiger partial charge >= 0.3 is 11.7 Å². The number of carbonyl (C=O) groups excluding carboxylic acids is 4. The summed E-state index contributed by atoms with van der Waals surface area (Å²) < 4.78 is 10.6. The Morgan fingerprint density at radius 2 is 1.85 bits per heavy atom. The number of rotatable bonds is 11. The van der Waals surface area contributed by atoms with Crippen molar-refractivity contribution in [2.45, 2.75) is 91.0 Å². The van der Waals surface area contributed by atoms with Crippen molar-refractivity contribution in [2.75, 3.05) is 18.4 Å². The van der Waals surface area contributed by atoms with Crippen molar-refractivity contribution in [2.24, 2.45) is 11.7 Å². The number of anilines is 1. The summed E-state index contributed by atoms with van der Waals surface area (Å²) >= 11 is 0. The Hall–Kier alpha value is -4.33. The van der Waals surface area contributed by atoms with Crippen LogP contribution in [0, 0.1) is 18.3 Å². The van der Waals surface area contributed by atoms with Gasteiger partial charge in [0.05, 0.1) is 0 Å². The minimum absolute atomic E-state index is 0. The highest BCUT2D eigenvalue weighted by molar-refractivity contribution is 6.00. The number of guanidine groups is 1. The smallest absolute Gasteiger partial charge is 0.408 e. The molecule has 1 aromatic carbocycles. The lowest BCUT2D eigenvalue weighted by Gasteiger charge is -2.31. The highest BCUT2D eigenvalue weighted by Crippen LogP contribution is 2.23. The van der Waals surface area contributed by atoms with Crippen LogP contribution in [0.15, 0.2) is 33.5 Å². The molecule has 2 heterocycles. The van der Waals surface area contributed by atoms with Gasteiger partial charge in [-0.15, -0.1) is 12.4 Å². The summed E-state index contributed by atoms with van der Waals surface area (Å²) in [5.74, 6) is -1.92. The third-order valence-corrected chi connectivity index (χ3v) is 7.28. The number of carbonyl (C=O) groups is 4. The molecular formula is C31H46ClN7O7. The molecule has 14 nitrogen and oxygen atoms in total. The van der Waals surface area contributed by atoms with Crippen LogP contribution < -0.4 is 32.6 Å². The van der Waals surface area contributed by atoms with Gasteiger partial charge in [0.25, 0.3) is 0 Å². The van der Waals surface area contributed by atoms with Crippen molar-refractivity contribution in [1.29, 1.82) is 5.41 Å². The fourth-order valence-electron chi connectivity index (χ4n) is 5.13. The Labute approximate surface area is 274 Å². The number of nitrogens with one attached hydrogen (secondary N) is 5. The van der Waals surface area contributed by atoms with Crippen LogP contribution in [0.1, 0.15) is 65.9 Å². The number of nitrogens with zero attached hydrogens (tertiary/aromatic N) is 1. The highest BCUT2D eigenvalue weighted by atomic mass is 35.5. The first kappa shape index (κ1) is 37.9. The maximum atomic E-state index is 13.6. The largest absolute Gasteiger partial charge is 0.444 e. The molecule has 1 saturated heterocycles. The van der Waals surface area contributed by atoms with Crippen LogP contribution in [0.5, 0.6) is 0 Å². The number of nitrogens with two attached hydrogens (primary N) is 1. The van der Waals surface area contributed by atoms with E-state index in [-0.39, 0.29) is 30.7 Å². The highest BCUT2D eigenvalue weighted by Gasteiger charge is 2.40. The first-order valence-electron chi connectivity index (χ1n) is 15.1. The zero-order valence-corrected chi connectivity index (χ0v) is 28.0. The SMILES string of the molecule is Cc1cc(=O)oc2cc(NC(=O)[C@H](CCCNC(=N)N)NC(=O)[C@@H]3CCCN3C(=O)[C@@H](NC(=O)OC(C)(C)C)C(C)C)ccc12.Cl. The number of halogens is 1. The number of hydrogen-bond acceptors (Lipinski definition) is 8. The van der Waals surface area contributed by atoms with Crippen molar-refractivity contribution >= 4 is 58.8 Å². The van der Waals surface area contributed by atoms with Gasteiger partial charge in [-0.05, 0) is 77.0 Å². The lowest BCUT2D eigenvalue weighted by atomic mass is 10.0. The van der Waals surface area contributed by atoms with Gasteiger partial charge in [0, 0.05) is 36.3 Å². The Morgan fingerprint density at radius 3 is 2.48 bits per heavy atom. The third kappa shape index (κ3) is 10.6. The Balaban J connectivity index is 0.00000736. The first-order valence-corrected chi connectivity index (χ1v) is 15.1. The van der Waals surface area contributed by atoms with Crippen LogP contribution in [0.2, 0.25) is 0 Å². The molecule has 0 saturated carbocycles. The van der Waals surface area contributed by atoms with E-state index in [1.54, 1.807) is 59.7 Å². The van der Waals surface area contributed by atoms with Crippen molar-refractivity contribution in [3.63, 3.8) is 0 Å². The second-order valence-electron chi connectivity index (χ2n) is 12.6. The van der Waals surface area contributed by atoms with E-state index < -0.39 is 53.2 Å². The zero-order valence-electron chi connectivity index (χ0n) is 27.2. The second kappa shape index (κ2) is 16.3. The number of fused-ring (bicyclic) bond motifs is 1. The van der Waals surface area contributed by atoms with E-state index in [4.69, 9.17) is 20.3 Å². The molecule has 7 N–H and O–H groups in total. The maximum absolute atomic E-state index is 13.6. The van der Waals surface area contributed by atoms with Gasteiger partial charge in [-0.1, -0.05) is 13.8 Å². The number of amides is 4. The standard InChI is InChI=1S/C31H45N7O7.ClH/c1-17(2)25(37-30(43)45-31(4,5)6)28(42)38-14-8-10-22(38)27(41)36-21(9-7-13-34-29(32)33)26(40)35-19-11-12-20-18(3)15-24(39)44-23(20)16-19;/h11-12,15-17,21-22,25H,7-10,13-14H2,1-6H3,(H,35,40)(H,36,41)(H,37,43)(H4,32,33,34);1H/t21-,22-,25-;/m0./s1. The summed E-state index contributed by atoms with van der Waals surface area (Å²) in [5.41, 5.74) is 5.52. The Bertz CT molecular complexity index is 1490. The normalized spacial score (nSPS) is 15.8. The lowest BCUT2D eigenvalue weighted by Crippen LogP contribution is -2.57. The summed E-state index contributed by atoms with van der Waals surface area (Å²) in [5, 5.41) is 19.0. The van der Waals surface area contributed by atoms with Crippen molar-refractivity contribution in [1.82, 2.24) is 20.9 Å². The monoisotopic (exact) mass is 663 g/mol. The number of alkyl carbamates (subject to hydrolysis) is 1. The third-order valence-electron chi connectivity index (χ3n) is 7.28. The summed E-state index contributed by atoms with van der Waals surface area (Å²) in [4.78, 5) is 66.5. The van der Waals surface area contributed by atoms with Gasteiger partial charge in [-0.25, -0.2) is 9.59 Å². The van der Waals surface area contributed by atoms with E-state index in [2.05, 4.69) is 21.3 Å². The number of hydrogen-bond donors (Lipinski definition) is 6. The van der Waals surface area contributed by atoms with Crippen LogP contribution in [0.3, 0.4) is 0 Å². The molecule has 254 valence electrons. The molecule has 2 aromatic rings. The molecule has 1 aliphatic rings. The molecule has 3 atom stereocenters. The number of aryl methyl sites for hydroxylation is 1. The minimum atomic E-state index is -0.996. The molecule has 0 aliphatic carbocycles. The molecule has 46 heavy (non-hydrogen) atoms. The molecule has 0 bridgehead atoms. The molecule has 1 fully saturated rings. The molecule has 1 aliphatic heterocycles. The molecule has 15 heteroatoms. The van der Waals surface area contributed by atoms with E-state index in [1.165, 1.54) is 11.0 Å². The summed E-state index contributed by atoms with van der Waals surface area (Å²) in [6.07, 6.45) is 0.829. The average Bonchev–Trinajstić information content (AvgIpc) is 3.41. The van der Waals surface area contributed by atoms with Gasteiger partial charge in [-0.3, -0.25) is 19.8 Å². The molecule has 0 unspecified atom stereocenters. The van der Waals surface area contributed by atoms with Gasteiger partial charge < -0.3 is 41.1 Å². The number of benzene rings is 1. The average molecular weight is 664 g/mol. The van der Waals surface area contributed by atoms with E-state index in [0.717, 1.165) is 10.9 Å². The van der Waals surface area contributed by atoms with Crippen LogP contribution in [-0.2, 0) is 19.1 Å².